The molecule has 1 heterocycles. The summed E-state index contributed by atoms with van der Waals surface area (Å²) >= 11 is 5.50. The van der Waals surface area contributed by atoms with Crippen LogP contribution in [0.1, 0.15) is 12.5 Å². The van der Waals surface area contributed by atoms with E-state index in [1.807, 2.05) is 18.2 Å². The Morgan fingerprint density at radius 1 is 0.885 bits per heavy atom. The van der Waals surface area contributed by atoms with Crippen molar-refractivity contribution >= 4 is 50.5 Å². The largest absolute Gasteiger partial charge is 0.341 e. The molecule has 3 aromatic carbocycles. The summed E-state index contributed by atoms with van der Waals surface area (Å²) in [5.41, 5.74) is 5.69. The quantitative estimate of drug-likeness (QED) is 0.444. The summed E-state index contributed by atoms with van der Waals surface area (Å²) in [6.07, 6.45) is 0. The Hall–Kier alpha value is -2.85. The molecule has 0 unspecified atom stereocenters. The third kappa shape index (κ3) is 2.93. The monoisotopic (exact) mass is 359 g/mol. The van der Waals surface area contributed by atoms with Gasteiger partial charge in [-0.2, -0.15) is 0 Å². The molecule has 0 radical (unpaired) electrons. The number of nitrogens with one attached hydrogen (secondary N) is 2. The minimum absolute atomic E-state index is 0.595. The Bertz CT molecular complexity index is 1110. The van der Waals surface area contributed by atoms with Gasteiger partial charge in [-0.05, 0) is 62.0 Å². The molecular formula is C22H21N3S. The highest BCUT2D eigenvalue weighted by Crippen LogP contribution is 2.31. The van der Waals surface area contributed by atoms with Gasteiger partial charge in [0.05, 0.1) is 0 Å². The topological polar surface area (TPSA) is 29.0 Å². The number of aryl methyl sites for hydroxylation is 2. The number of para-hydroxylation sites is 2. The van der Waals surface area contributed by atoms with E-state index >= 15 is 0 Å². The van der Waals surface area contributed by atoms with E-state index in [9.17, 15) is 0 Å². The van der Waals surface area contributed by atoms with Crippen molar-refractivity contribution in [3.8, 4) is 0 Å². The summed E-state index contributed by atoms with van der Waals surface area (Å²) in [5.74, 6) is 0. The summed E-state index contributed by atoms with van der Waals surface area (Å²) in [5, 5.41) is 9.69. The van der Waals surface area contributed by atoms with Crippen LogP contribution >= 0.6 is 12.2 Å². The van der Waals surface area contributed by atoms with E-state index in [1.165, 1.54) is 21.8 Å². The molecule has 4 aromatic rings. The van der Waals surface area contributed by atoms with E-state index in [2.05, 4.69) is 77.6 Å². The number of aromatic nitrogens is 1. The molecule has 0 aliphatic heterocycles. The first-order valence-corrected chi connectivity index (χ1v) is 9.23. The summed E-state index contributed by atoms with van der Waals surface area (Å²) in [6.45, 7) is 5.19. The molecule has 3 nitrogen and oxygen atoms in total. The van der Waals surface area contributed by atoms with E-state index in [0.717, 1.165) is 23.5 Å². The van der Waals surface area contributed by atoms with E-state index in [0.29, 0.717) is 5.11 Å². The van der Waals surface area contributed by atoms with Crippen LogP contribution in [0, 0.1) is 6.92 Å². The Balaban J connectivity index is 1.66. The lowest BCUT2D eigenvalue weighted by atomic mass is 10.1. The van der Waals surface area contributed by atoms with Crippen LogP contribution in [0.4, 0.5) is 11.4 Å². The molecule has 2 N–H and O–H groups in total. The molecule has 0 bridgehead atoms. The predicted molar refractivity (Wildman–Crippen MR) is 116 cm³/mol. The molecule has 0 saturated carbocycles. The van der Waals surface area contributed by atoms with Crippen molar-refractivity contribution in [3.63, 3.8) is 0 Å². The minimum Gasteiger partial charge on any atom is -0.341 e. The first-order chi connectivity index (χ1) is 12.7. The molecular weight excluding hydrogens is 338 g/mol. The van der Waals surface area contributed by atoms with Crippen LogP contribution in [-0.4, -0.2) is 9.68 Å². The molecule has 130 valence electrons. The van der Waals surface area contributed by atoms with Gasteiger partial charge < -0.3 is 15.2 Å². The van der Waals surface area contributed by atoms with Crippen molar-refractivity contribution in [2.45, 2.75) is 20.4 Å². The average Bonchev–Trinajstić information content (AvgIpc) is 2.97. The maximum atomic E-state index is 5.50. The van der Waals surface area contributed by atoms with Gasteiger partial charge in [0, 0.05) is 39.7 Å². The maximum Gasteiger partial charge on any atom is 0.175 e. The van der Waals surface area contributed by atoms with Gasteiger partial charge in [0.25, 0.3) is 0 Å². The predicted octanol–water partition coefficient (Wildman–Crippen LogP) is 5.93. The highest BCUT2D eigenvalue weighted by atomic mass is 32.1. The van der Waals surface area contributed by atoms with Crippen molar-refractivity contribution < 1.29 is 0 Å². The Kier molecular flexibility index (Phi) is 4.35. The van der Waals surface area contributed by atoms with Gasteiger partial charge in [-0.3, -0.25) is 0 Å². The number of hydrogen-bond acceptors (Lipinski definition) is 1. The van der Waals surface area contributed by atoms with Crippen molar-refractivity contribution in [2.75, 3.05) is 10.6 Å². The lowest BCUT2D eigenvalue weighted by molar-refractivity contribution is 0.827. The van der Waals surface area contributed by atoms with E-state index in [4.69, 9.17) is 12.2 Å². The number of anilines is 2. The Morgan fingerprint density at radius 3 is 2.42 bits per heavy atom. The van der Waals surface area contributed by atoms with E-state index < -0.39 is 0 Å². The molecule has 4 heteroatoms. The summed E-state index contributed by atoms with van der Waals surface area (Å²) < 4.78 is 2.35. The second kappa shape index (κ2) is 6.81. The summed E-state index contributed by atoms with van der Waals surface area (Å²) in [4.78, 5) is 0. The highest BCUT2D eigenvalue weighted by molar-refractivity contribution is 7.80. The zero-order valence-electron chi connectivity index (χ0n) is 14.9. The van der Waals surface area contributed by atoms with Crippen molar-refractivity contribution in [1.29, 1.82) is 0 Å². The number of benzene rings is 3. The van der Waals surface area contributed by atoms with Crippen LogP contribution < -0.4 is 10.6 Å². The fraction of sp³-hybridized carbons (Fsp3) is 0.136. The molecule has 4 rings (SSSR count). The first-order valence-electron chi connectivity index (χ1n) is 8.82. The fourth-order valence-corrected chi connectivity index (χ4v) is 3.70. The maximum absolute atomic E-state index is 5.50. The van der Waals surface area contributed by atoms with E-state index in [1.54, 1.807) is 0 Å². The van der Waals surface area contributed by atoms with Gasteiger partial charge >= 0.3 is 0 Å². The average molecular weight is 359 g/mol. The molecule has 0 fully saturated rings. The van der Waals surface area contributed by atoms with Crippen LogP contribution in [0.2, 0.25) is 0 Å². The molecule has 26 heavy (non-hydrogen) atoms. The molecule has 0 atom stereocenters. The summed E-state index contributed by atoms with van der Waals surface area (Å²) in [6, 6.07) is 23.1. The number of fused-ring (bicyclic) bond motifs is 3. The van der Waals surface area contributed by atoms with Gasteiger partial charge in [-0.25, -0.2) is 0 Å². The van der Waals surface area contributed by atoms with Gasteiger partial charge in [0.1, 0.15) is 0 Å². The molecule has 0 saturated heterocycles. The molecule has 0 spiro atoms. The van der Waals surface area contributed by atoms with Crippen molar-refractivity contribution in [1.82, 2.24) is 4.57 Å². The van der Waals surface area contributed by atoms with E-state index in [-0.39, 0.29) is 0 Å². The second-order valence-electron chi connectivity index (χ2n) is 6.39. The lowest BCUT2D eigenvalue weighted by Gasteiger charge is -2.12. The van der Waals surface area contributed by atoms with Crippen LogP contribution in [0.25, 0.3) is 21.8 Å². The Labute approximate surface area is 158 Å². The summed E-state index contributed by atoms with van der Waals surface area (Å²) in [7, 11) is 0. The highest BCUT2D eigenvalue weighted by Gasteiger charge is 2.10. The van der Waals surface area contributed by atoms with Gasteiger partial charge in [0.2, 0.25) is 0 Å². The molecule has 0 amide bonds. The van der Waals surface area contributed by atoms with Crippen LogP contribution in [-0.2, 0) is 6.54 Å². The standard InChI is InChI=1S/C22H21N3S/c1-3-25-20-11-7-5-9-17(20)18-14-16(12-13-21(18)25)23-22(26)24-19-10-6-4-8-15(19)2/h4-14H,3H2,1-2H3,(H2,23,24,26). The number of thiocarbonyl (C=S) groups is 1. The smallest absolute Gasteiger partial charge is 0.175 e. The lowest BCUT2D eigenvalue weighted by Crippen LogP contribution is -2.19. The number of rotatable bonds is 3. The normalized spacial score (nSPS) is 11.0. The van der Waals surface area contributed by atoms with Crippen LogP contribution in [0.5, 0.6) is 0 Å². The van der Waals surface area contributed by atoms with Crippen molar-refractivity contribution in [3.05, 3.63) is 72.3 Å². The van der Waals surface area contributed by atoms with Crippen molar-refractivity contribution in [2.24, 2.45) is 0 Å². The van der Waals surface area contributed by atoms with Gasteiger partial charge in [-0.15, -0.1) is 0 Å². The zero-order valence-corrected chi connectivity index (χ0v) is 15.7. The Morgan fingerprint density at radius 2 is 1.62 bits per heavy atom. The second-order valence-corrected chi connectivity index (χ2v) is 6.80. The minimum atomic E-state index is 0.595. The fourth-order valence-electron chi connectivity index (χ4n) is 3.47. The third-order valence-corrected chi connectivity index (χ3v) is 4.94. The SMILES string of the molecule is CCn1c2ccccc2c2cc(NC(=S)Nc3ccccc3C)ccc21. The number of nitrogens with zero attached hydrogens (tertiary/aromatic N) is 1. The van der Waals surface area contributed by atoms with Gasteiger partial charge in [-0.1, -0.05) is 36.4 Å². The molecule has 1 aromatic heterocycles. The third-order valence-electron chi connectivity index (χ3n) is 4.74. The molecule has 0 aliphatic carbocycles. The van der Waals surface area contributed by atoms with Crippen LogP contribution in [0.3, 0.4) is 0 Å². The van der Waals surface area contributed by atoms with Gasteiger partial charge in [0.15, 0.2) is 5.11 Å². The number of hydrogen-bond donors (Lipinski definition) is 2. The first kappa shape index (κ1) is 16.6. The zero-order chi connectivity index (χ0) is 18.1. The molecule has 0 aliphatic rings. The van der Waals surface area contributed by atoms with Crippen LogP contribution in [0.15, 0.2) is 66.7 Å².